The Morgan fingerprint density at radius 1 is 1.19 bits per heavy atom. The van der Waals surface area contributed by atoms with Crippen LogP contribution >= 0.6 is 0 Å². The summed E-state index contributed by atoms with van der Waals surface area (Å²) >= 11 is 0. The number of pyridine rings is 1. The third-order valence-corrected chi connectivity index (χ3v) is 6.05. The Morgan fingerprint density at radius 2 is 2.06 bits per heavy atom. The molecule has 0 radical (unpaired) electrons. The zero-order valence-electron chi connectivity index (χ0n) is 18.4. The van der Waals surface area contributed by atoms with E-state index in [-0.39, 0.29) is 5.91 Å². The third-order valence-electron chi connectivity index (χ3n) is 6.05. The first-order valence-corrected chi connectivity index (χ1v) is 10.9. The molecule has 0 aliphatic carbocycles. The number of carbonyl (C=O) groups excluding carboxylic acids is 1. The number of hydrogen-bond acceptors (Lipinski definition) is 5. The van der Waals surface area contributed by atoms with Crippen LogP contribution in [0.4, 0.5) is 11.4 Å². The predicted molar refractivity (Wildman–Crippen MR) is 123 cm³/mol. The fraction of sp³-hybridized carbons (Fsp3) is 0.375. The molecule has 0 bridgehead atoms. The van der Waals surface area contributed by atoms with Crippen LogP contribution in [-0.2, 0) is 17.8 Å². The van der Waals surface area contributed by atoms with Crippen molar-refractivity contribution in [2.24, 2.45) is 0 Å². The Labute approximate surface area is 182 Å². The molecule has 160 valence electrons. The molecule has 0 spiro atoms. The van der Waals surface area contributed by atoms with E-state index >= 15 is 0 Å². The number of nitrogens with zero attached hydrogens (tertiary/aromatic N) is 5. The van der Waals surface area contributed by atoms with Crippen molar-refractivity contribution in [1.82, 2.24) is 19.7 Å². The number of hydrogen-bond donors (Lipinski definition) is 1. The van der Waals surface area contributed by atoms with Gasteiger partial charge in [0.15, 0.2) is 0 Å². The zero-order chi connectivity index (χ0) is 21.5. The van der Waals surface area contributed by atoms with Gasteiger partial charge < -0.3 is 15.1 Å². The molecule has 7 nitrogen and oxygen atoms in total. The summed E-state index contributed by atoms with van der Waals surface area (Å²) in [6.45, 7) is 4.76. The number of nitrogens with one attached hydrogen (secondary N) is 1. The van der Waals surface area contributed by atoms with Crippen LogP contribution in [0.5, 0.6) is 0 Å². The summed E-state index contributed by atoms with van der Waals surface area (Å²) in [4.78, 5) is 21.5. The Morgan fingerprint density at radius 3 is 2.87 bits per heavy atom. The highest BCUT2D eigenvalue weighted by Crippen LogP contribution is 2.40. The Bertz CT molecular complexity index is 1150. The van der Waals surface area contributed by atoms with Crippen LogP contribution in [0, 0.1) is 6.92 Å². The molecule has 4 heterocycles. The fourth-order valence-electron chi connectivity index (χ4n) is 4.50. The molecule has 0 atom stereocenters. The SMILES string of the molecule is Cc1cccc(-c2nn3c(c2-c2ccc4c(c2)N(CCN(C)C)C(=O)CN4)CCC3)n1. The average molecular weight is 417 g/mol. The first-order valence-electron chi connectivity index (χ1n) is 10.9. The second kappa shape index (κ2) is 7.81. The summed E-state index contributed by atoms with van der Waals surface area (Å²) in [5, 5.41) is 8.21. The van der Waals surface area contributed by atoms with Gasteiger partial charge in [0.2, 0.25) is 5.91 Å². The van der Waals surface area contributed by atoms with Crippen molar-refractivity contribution < 1.29 is 4.79 Å². The van der Waals surface area contributed by atoms with E-state index in [9.17, 15) is 4.79 Å². The smallest absolute Gasteiger partial charge is 0.246 e. The molecule has 0 saturated heterocycles. The minimum atomic E-state index is 0.104. The molecule has 2 aliphatic heterocycles. The largest absolute Gasteiger partial charge is 0.374 e. The summed E-state index contributed by atoms with van der Waals surface area (Å²) in [5.74, 6) is 0.104. The molecule has 1 amide bonds. The van der Waals surface area contributed by atoms with Gasteiger partial charge in [0.1, 0.15) is 5.69 Å². The van der Waals surface area contributed by atoms with E-state index in [0.717, 1.165) is 65.5 Å². The number of rotatable bonds is 5. The van der Waals surface area contributed by atoms with Gasteiger partial charge in [-0.1, -0.05) is 12.1 Å². The monoisotopic (exact) mass is 416 g/mol. The number of anilines is 2. The molecule has 1 N–H and O–H groups in total. The molecule has 0 unspecified atom stereocenters. The number of amides is 1. The number of carbonyl (C=O) groups is 1. The van der Waals surface area contributed by atoms with Crippen molar-refractivity contribution in [3.8, 4) is 22.5 Å². The fourth-order valence-corrected chi connectivity index (χ4v) is 4.50. The topological polar surface area (TPSA) is 66.3 Å². The van der Waals surface area contributed by atoms with Gasteiger partial charge in [-0.15, -0.1) is 0 Å². The van der Waals surface area contributed by atoms with Gasteiger partial charge in [0.05, 0.1) is 23.6 Å². The zero-order valence-corrected chi connectivity index (χ0v) is 18.4. The molecule has 5 rings (SSSR count). The summed E-state index contributed by atoms with van der Waals surface area (Å²) in [6, 6.07) is 12.4. The Hall–Kier alpha value is -3.19. The maximum Gasteiger partial charge on any atom is 0.246 e. The minimum absolute atomic E-state index is 0.104. The molecule has 0 saturated carbocycles. The lowest BCUT2D eigenvalue weighted by Gasteiger charge is -2.31. The van der Waals surface area contributed by atoms with Crippen LogP contribution in [0.3, 0.4) is 0 Å². The average Bonchev–Trinajstić information content (AvgIpc) is 3.34. The van der Waals surface area contributed by atoms with Gasteiger partial charge in [-0.05, 0) is 63.7 Å². The van der Waals surface area contributed by atoms with Gasteiger partial charge in [0, 0.05) is 36.6 Å². The lowest BCUT2D eigenvalue weighted by Crippen LogP contribution is -2.43. The third kappa shape index (κ3) is 3.59. The maximum atomic E-state index is 12.7. The van der Waals surface area contributed by atoms with Crippen molar-refractivity contribution >= 4 is 17.3 Å². The van der Waals surface area contributed by atoms with Crippen LogP contribution < -0.4 is 10.2 Å². The Kier molecular flexibility index (Phi) is 4.98. The highest BCUT2D eigenvalue weighted by atomic mass is 16.2. The molecule has 1 aromatic carbocycles. The number of benzene rings is 1. The van der Waals surface area contributed by atoms with Crippen LogP contribution in [-0.4, -0.2) is 59.3 Å². The van der Waals surface area contributed by atoms with Crippen LogP contribution in [0.1, 0.15) is 17.8 Å². The van der Waals surface area contributed by atoms with E-state index in [0.29, 0.717) is 13.1 Å². The molecular weight excluding hydrogens is 388 g/mol. The Balaban J connectivity index is 1.63. The van der Waals surface area contributed by atoms with Gasteiger partial charge in [-0.3, -0.25) is 14.5 Å². The second-order valence-corrected chi connectivity index (χ2v) is 8.60. The van der Waals surface area contributed by atoms with Gasteiger partial charge in [-0.25, -0.2) is 0 Å². The van der Waals surface area contributed by atoms with Crippen molar-refractivity contribution in [3.05, 3.63) is 47.8 Å². The van der Waals surface area contributed by atoms with Crippen LogP contribution in [0.25, 0.3) is 22.5 Å². The van der Waals surface area contributed by atoms with Gasteiger partial charge >= 0.3 is 0 Å². The van der Waals surface area contributed by atoms with Crippen molar-refractivity contribution in [2.45, 2.75) is 26.3 Å². The van der Waals surface area contributed by atoms with E-state index in [2.05, 4.69) is 33.1 Å². The number of fused-ring (bicyclic) bond motifs is 2. The number of aromatic nitrogens is 3. The normalized spacial score (nSPS) is 15.2. The van der Waals surface area contributed by atoms with Gasteiger partial charge in [0.25, 0.3) is 0 Å². The quantitative estimate of drug-likeness (QED) is 0.692. The maximum absolute atomic E-state index is 12.7. The second-order valence-electron chi connectivity index (χ2n) is 8.60. The highest BCUT2D eigenvalue weighted by Gasteiger charge is 2.28. The van der Waals surface area contributed by atoms with Crippen LogP contribution in [0.2, 0.25) is 0 Å². The highest BCUT2D eigenvalue weighted by molar-refractivity contribution is 6.03. The first kappa shape index (κ1) is 19.8. The van der Waals surface area contributed by atoms with E-state index in [1.54, 1.807) is 0 Å². The summed E-state index contributed by atoms with van der Waals surface area (Å²) < 4.78 is 2.13. The molecule has 3 aromatic rings. The lowest BCUT2D eigenvalue weighted by atomic mass is 9.98. The minimum Gasteiger partial charge on any atom is -0.374 e. The van der Waals surface area contributed by atoms with E-state index in [4.69, 9.17) is 10.1 Å². The summed E-state index contributed by atoms with van der Waals surface area (Å²) in [5.41, 5.74) is 8.23. The molecular formula is C24H28N6O. The standard InChI is InChI=1S/C24H28N6O/c1-16-6-4-7-19(26-16)24-23(20-8-5-11-30(20)27-24)17-9-10-18-21(14-17)29(13-12-28(2)3)22(31)15-25-18/h4,6-7,9-10,14,25H,5,8,11-13,15H2,1-3H3. The number of likely N-dealkylation sites (N-methyl/N-ethyl adjacent to an activating group) is 1. The van der Waals surface area contributed by atoms with Crippen molar-refractivity contribution in [1.29, 1.82) is 0 Å². The van der Waals surface area contributed by atoms with Crippen molar-refractivity contribution in [2.75, 3.05) is 43.9 Å². The predicted octanol–water partition coefficient (Wildman–Crippen LogP) is 3.19. The van der Waals surface area contributed by atoms with Crippen molar-refractivity contribution in [3.63, 3.8) is 0 Å². The first-order chi connectivity index (χ1) is 15.0. The van der Waals surface area contributed by atoms with E-state index in [1.165, 1.54) is 5.69 Å². The number of aryl methyl sites for hydroxylation is 2. The van der Waals surface area contributed by atoms with Gasteiger partial charge in [-0.2, -0.15) is 5.10 Å². The molecule has 0 fully saturated rings. The molecule has 2 aromatic heterocycles. The molecule has 7 heteroatoms. The van der Waals surface area contributed by atoms with E-state index in [1.807, 2.05) is 44.1 Å². The van der Waals surface area contributed by atoms with E-state index < -0.39 is 0 Å². The summed E-state index contributed by atoms with van der Waals surface area (Å²) in [7, 11) is 4.06. The lowest BCUT2D eigenvalue weighted by molar-refractivity contribution is -0.117. The van der Waals surface area contributed by atoms with Crippen LogP contribution in [0.15, 0.2) is 36.4 Å². The molecule has 2 aliphatic rings. The molecule has 31 heavy (non-hydrogen) atoms. The summed E-state index contributed by atoms with van der Waals surface area (Å²) in [6.07, 6.45) is 2.11.